The standard InChI is InChI=1S/C12H22N2O/c1-13-6-9-7-14-5-3-2-4-11(14)10(8-13)12(9)15/h9-12,15H,2-8H2,1H3/t9-,10+,11?,12?/m0/s1. The SMILES string of the molecule is CN1C[C@H]2CN3CCCCC3[C@@H](C1)C2O. The molecule has 86 valence electrons. The first-order chi connectivity index (χ1) is 7.25. The van der Waals surface area contributed by atoms with Crippen LogP contribution in [0.4, 0.5) is 0 Å². The van der Waals surface area contributed by atoms with Crippen molar-refractivity contribution < 1.29 is 5.11 Å². The van der Waals surface area contributed by atoms with Crippen LogP contribution in [0.5, 0.6) is 0 Å². The van der Waals surface area contributed by atoms with Gasteiger partial charge >= 0.3 is 0 Å². The Kier molecular flexibility index (Phi) is 2.49. The molecule has 3 aliphatic heterocycles. The highest BCUT2D eigenvalue weighted by atomic mass is 16.3. The molecule has 0 aromatic rings. The molecule has 0 amide bonds. The topological polar surface area (TPSA) is 26.7 Å². The highest BCUT2D eigenvalue weighted by molar-refractivity contribution is 5.00. The number of rotatable bonds is 0. The molecule has 0 aliphatic carbocycles. The van der Waals surface area contributed by atoms with E-state index in [1.165, 1.54) is 25.8 Å². The lowest BCUT2D eigenvalue weighted by Gasteiger charge is -2.54. The third kappa shape index (κ3) is 1.61. The first-order valence-electron chi connectivity index (χ1n) is 6.36. The van der Waals surface area contributed by atoms with Crippen molar-refractivity contribution in [3.05, 3.63) is 0 Å². The van der Waals surface area contributed by atoms with Crippen molar-refractivity contribution >= 4 is 0 Å². The molecule has 3 heterocycles. The third-order valence-electron chi connectivity index (χ3n) is 4.62. The molecule has 1 N–H and O–H groups in total. The van der Waals surface area contributed by atoms with E-state index >= 15 is 0 Å². The molecule has 3 rings (SSSR count). The first-order valence-corrected chi connectivity index (χ1v) is 6.36. The molecule has 3 aliphatic rings. The minimum Gasteiger partial charge on any atom is -0.392 e. The smallest absolute Gasteiger partial charge is 0.0648 e. The lowest BCUT2D eigenvalue weighted by atomic mass is 9.74. The Balaban J connectivity index is 1.82. The maximum Gasteiger partial charge on any atom is 0.0648 e. The summed E-state index contributed by atoms with van der Waals surface area (Å²) in [5.41, 5.74) is 0. The molecular weight excluding hydrogens is 188 g/mol. The van der Waals surface area contributed by atoms with Gasteiger partial charge in [0.25, 0.3) is 0 Å². The molecule has 2 bridgehead atoms. The molecule has 3 fully saturated rings. The second kappa shape index (κ2) is 3.72. The molecular formula is C12H22N2O. The van der Waals surface area contributed by atoms with Crippen LogP contribution in [0.2, 0.25) is 0 Å². The van der Waals surface area contributed by atoms with Crippen molar-refractivity contribution in [3.8, 4) is 0 Å². The van der Waals surface area contributed by atoms with Crippen LogP contribution in [-0.4, -0.2) is 60.3 Å². The Hall–Kier alpha value is -0.120. The molecule has 3 nitrogen and oxygen atoms in total. The van der Waals surface area contributed by atoms with E-state index in [1.807, 2.05) is 0 Å². The van der Waals surface area contributed by atoms with Crippen molar-refractivity contribution in [1.82, 2.24) is 9.80 Å². The van der Waals surface area contributed by atoms with Crippen LogP contribution < -0.4 is 0 Å². The third-order valence-corrected chi connectivity index (χ3v) is 4.62. The zero-order chi connectivity index (χ0) is 10.4. The second-order valence-corrected chi connectivity index (χ2v) is 5.69. The van der Waals surface area contributed by atoms with Gasteiger partial charge in [-0.15, -0.1) is 0 Å². The van der Waals surface area contributed by atoms with Gasteiger partial charge in [0, 0.05) is 37.5 Å². The highest BCUT2D eigenvalue weighted by Crippen LogP contribution is 2.37. The molecule has 2 unspecified atom stereocenters. The molecule has 0 saturated carbocycles. The molecule has 0 radical (unpaired) electrons. The van der Waals surface area contributed by atoms with Gasteiger partial charge in [-0.2, -0.15) is 0 Å². The Morgan fingerprint density at radius 1 is 1.13 bits per heavy atom. The van der Waals surface area contributed by atoms with E-state index in [9.17, 15) is 5.11 Å². The molecule has 15 heavy (non-hydrogen) atoms. The molecule has 0 aromatic heterocycles. The van der Waals surface area contributed by atoms with Crippen LogP contribution in [0.25, 0.3) is 0 Å². The minimum absolute atomic E-state index is 0.0273. The summed E-state index contributed by atoms with van der Waals surface area (Å²) < 4.78 is 0. The Labute approximate surface area is 92.1 Å². The van der Waals surface area contributed by atoms with Crippen LogP contribution in [0.15, 0.2) is 0 Å². The molecule has 0 spiro atoms. The van der Waals surface area contributed by atoms with Gasteiger partial charge in [0.05, 0.1) is 6.10 Å². The number of aliphatic hydroxyl groups excluding tert-OH is 1. The Morgan fingerprint density at radius 3 is 2.87 bits per heavy atom. The number of piperidine rings is 3. The van der Waals surface area contributed by atoms with Crippen LogP contribution >= 0.6 is 0 Å². The molecule has 0 aromatic carbocycles. The summed E-state index contributed by atoms with van der Waals surface area (Å²) in [5.74, 6) is 1.02. The Bertz CT molecular complexity index is 246. The van der Waals surface area contributed by atoms with E-state index in [4.69, 9.17) is 0 Å². The average Bonchev–Trinajstić information content (AvgIpc) is 2.21. The van der Waals surface area contributed by atoms with E-state index in [1.54, 1.807) is 0 Å². The normalized spacial score (nSPS) is 47.6. The van der Waals surface area contributed by atoms with Crippen LogP contribution in [0, 0.1) is 11.8 Å². The van der Waals surface area contributed by atoms with Crippen molar-refractivity contribution in [2.75, 3.05) is 33.2 Å². The first kappa shape index (κ1) is 10.1. The summed E-state index contributed by atoms with van der Waals surface area (Å²) in [7, 11) is 2.20. The van der Waals surface area contributed by atoms with Crippen LogP contribution in [0.1, 0.15) is 19.3 Å². The fourth-order valence-electron chi connectivity index (χ4n) is 3.94. The van der Waals surface area contributed by atoms with Crippen molar-refractivity contribution in [1.29, 1.82) is 0 Å². The van der Waals surface area contributed by atoms with E-state index < -0.39 is 0 Å². The van der Waals surface area contributed by atoms with E-state index in [-0.39, 0.29) is 6.10 Å². The predicted octanol–water partition coefficient (Wildman–Crippen LogP) is 0.393. The summed E-state index contributed by atoms with van der Waals surface area (Å²) in [6, 6.07) is 0.674. The van der Waals surface area contributed by atoms with Crippen molar-refractivity contribution in [3.63, 3.8) is 0 Å². The zero-order valence-electron chi connectivity index (χ0n) is 9.60. The van der Waals surface area contributed by atoms with Crippen molar-refractivity contribution in [2.45, 2.75) is 31.4 Å². The van der Waals surface area contributed by atoms with E-state index in [2.05, 4.69) is 16.8 Å². The number of fused-ring (bicyclic) bond motifs is 4. The van der Waals surface area contributed by atoms with Gasteiger partial charge in [0.2, 0.25) is 0 Å². The maximum absolute atomic E-state index is 10.3. The van der Waals surface area contributed by atoms with Gasteiger partial charge in [0.1, 0.15) is 0 Å². The van der Waals surface area contributed by atoms with Gasteiger partial charge in [-0.1, -0.05) is 6.42 Å². The second-order valence-electron chi connectivity index (χ2n) is 5.69. The Morgan fingerprint density at radius 2 is 2.00 bits per heavy atom. The highest BCUT2D eigenvalue weighted by Gasteiger charge is 2.46. The molecule has 3 saturated heterocycles. The van der Waals surface area contributed by atoms with Crippen molar-refractivity contribution in [2.24, 2.45) is 11.8 Å². The van der Waals surface area contributed by atoms with E-state index in [0.717, 1.165) is 19.6 Å². The molecule has 3 heteroatoms. The number of hydrogen-bond donors (Lipinski definition) is 1. The van der Waals surface area contributed by atoms with Gasteiger partial charge < -0.3 is 10.0 Å². The average molecular weight is 210 g/mol. The minimum atomic E-state index is -0.0273. The maximum atomic E-state index is 10.3. The summed E-state index contributed by atoms with van der Waals surface area (Å²) in [5, 5.41) is 10.3. The number of aliphatic hydroxyl groups is 1. The summed E-state index contributed by atoms with van der Waals surface area (Å²) in [6.07, 6.45) is 4.00. The largest absolute Gasteiger partial charge is 0.392 e. The van der Waals surface area contributed by atoms with Gasteiger partial charge in [-0.05, 0) is 26.4 Å². The summed E-state index contributed by atoms with van der Waals surface area (Å²) >= 11 is 0. The van der Waals surface area contributed by atoms with E-state index in [0.29, 0.717) is 17.9 Å². The zero-order valence-corrected chi connectivity index (χ0v) is 9.60. The number of likely N-dealkylation sites (tertiary alicyclic amines) is 1. The lowest BCUT2D eigenvalue weighted by molar-refractivity contribution is -0.112. The fourth-order valence-corrected chi connectivity index (χ4v) is 3.94. The quantitative estimate of drug-likeness (QED) is 0.627. The monoisotopic (exact) mass is 210 g/mol. The summed E-state index contributed by atoms with van der Waals surface area (Å²) in [4.78, 5) is 5.06. The van der Waals surface area contributed by atoms with Crippen LogP contribution in [-0.2, 0) is 0 Å². The predicted molar refractivity (Wildman–Crippen MR) is 59.7 cm³/mol. The van der Waals surface area contributed by atoms with Gasteiger partial charge in [-0.3, -0.25) is 4.90 Å². The van der Waals surface area contributed by atoms with Gasteiger partial charge in [0.15, 0.2) is 0 Å². The summed E-state index contributed by atoms with van der Waals surface area (Å²) in [6.45, 7) is 4.58. The number of nitrogens with zero attached hydrogens (tertiary/aromatic N) is 2. The fraction of sp³-hybridized carbons (Fsp3) is 1.00. The number of hydrogen-bond acceptors (Lipinski definition) is 3. The van der Waals surface area contributed by atoms with Crippen LogP contribution in [0.3, 0.4) is 0 Å². The van der Waals surface area contributed by atoms with Gasteiger partial charge in [-0.25, -0.2) is 0 Å². The molecule has 4 atom stereocenters. The lowest BCUT2D eigenvalue weighted by Crippen LogP contribution is -2.64.